The number of hydrogen-bond donors (Lipinski definition) is 0. The normalized spacial score (nSPS) is 10.4. The molecule has 0 unspecified atom stereocenters. The Labute approximate surface area is 84.2 Å². The van der Waals surface area contributed by atoms with Gasteiger partial charge in [0, 0.05) is 18.3 Å². The maximum atomic E-state index is 4.46. The van der Waals surface area contributed by atoms with Crippen molar-refractivity contribution >= 4 is 0 Å². The second kappa shape index (κ2) is 3.66. The van der Waals surface area contributed by atoms with Crippen LogP contribution in [0.4, 0.5) is 0 Å². The van der Waals surface area contributed by atoms with E-state index in [2.05, 4.69) is 28.7 Å². The van der Waals surface area contributed by atoms with Crippen LogP contribution in [0.15, 0.2) is 30.5 Å². The van der Waals surface area contributed by atoms with Crippen molar-refractivity contribution in [2.24, 2.45) is 0 Å². The second-order valence-electron chi connectivity index (χ2n) is 3.28. The van der Waals surface area contributed by atoms with Crippen LogP contribution in [0.5, 0.6) is 0 Å². The minimum absolute atomic E-state index is 0.951. The van der Waals surface area contributed by atoms with Crippen molar-refractivity contribution < 1.29 is 0 Å². The van der Waals surface area contributed by atoms with Gasteiger partial charge in [-0.05, 0) is 25.1 Å². The molecule has 0 fully saturated rings. The number of hydrogen-bond acceptors (Lipinski definition) is 1. The number of nitrogens with zero attached hydrogens (tertiary/aromatic N) is 2. The quantitative estimate of drug-likeness (QED) is 0.703. The lowest BCUT2D eigenvalue weighted by Gasteiger charge is -2.04. The molecule has 0 atom stereocenters. The van der Waals surface area contributed by atoms with E-state index in [9.17, 15) is 0 Å². The van der Waals surface area contributed by atoms with Gasteiger partial charge in [-0.2, -0.15) is 0 Å². The minimum Gasteiger partial charge on any atom is -0.303 e. The highest BCUT2D eigenvalue weighted by Crippen LogP contribution is 2.12. The van der Waals surface area contributed by atoms with Crippen LogP contribution in [0.3, 0.4) is 0 Å². The van der Waals surface area contributed by atoms with Gasteiger partial charge in [-0.15, -0.1) is 0 Å². The molecule has 2 nitrogen and oxygen atoms in total. The van der Waals surface area contributed by atoms with Gasteiger partial charge in [0.1, 0.15) is 5.82 Å². The van der Waals surface area contributed by atoms with Gasteiger partial charge in [0.25, 0.3) is 0 Å². The molecule has 2 rings (SSSR count). The molecule has 0 spiro atoms. The highest BCUT2D eigenvalue weighted by atomic mass is 15.1. The van der Waals surface area contributed by atoms with Crippen LogP contribution in [0, 0.1) is 13.0 Å². The van der Waals surface area contributed by atoms with Gasteiger partial charge in [0.05, 0.1) is 5.69 Å². The first-order valence-corrected chi connectivity index (χ1v) is 4.82. The summed E-state index contributed by atoms with van der Waals surface area (Å²) in [6.45, 7) is 4.14. The van der Waals surface area contributed by atoms with E-state index in [-0.39, 0.29) is 0 Å². The fourth-order valence-corrected chi connectivity index (χ4v) is 1.56. The van der Waals surface area contributed by atoms with E-state index in [1.165, 1.54) is 0 Å². The van der Waals surface area contributed by atoms with Gasteiger partial charge in [-0.3, -0.25) is 0 Å². The first kappa shape index (κ1) is 9.00. The maximum absolute atomic E-state index is 4.46. The lowest BCUT2D eigenvalue weighted by atomic mass is 10.3. The predicted molar refractivity (Wildman–Crippen MR) is 56.5 cm³/mol. The van der Waals surface area contributed by atoms with E-state index >= 15 is 0 Å². The van der Waals surface area contributed by atoms with Crippen LogP contribution < -0.4 is 0 Å². The SMILES string of the molecule is CCc1nc(C)cn1-c1cc[c]cc1. The summed E-state index contributed by atoms with van der Waals surface area (Å²) in [5, 5.41) is 0. The molecule has 0 saturated carbocycles. The van der Waals surface area contributed by atoms with Crippen molar-refractivity contribution in [1.82, 2.24) is 9.55 Å². The van der Waals surface area contributed by atoms with Crippen molar-refractivity contribution in [2.45, 2.75) is 20.3 Å². The van der Waals surface area contributed by atoms with Crippen LogP contribution in [-0.4, -0.2) is 9.55 Å². The molecular formula is C12H13N2. The summed E-state index contributed by atoms with van der Waals surface area (Å²) < 4.78 is 2.13. The summed E-state index contributed by atoms with van der Waals surface area (Å²) in [4.78, 5) is 4.46. The molecule has 14 heavy (non-hydrogen) atoms. The topological polar surface area (TPSA) is 17.8 Å². The number of benzene rings is 1. The number of aryl methyl sites for hydroxylation is 2. The van der Waals surface area contributed by atoms with E-state index in [1.54, 1.807) is 0 Å². The average Bonchev–Trinajstić information content (AvgIpc) is 2.61. The Morgan fingerprint density at radius 3 is 2.71 bits per heavy atom. The smallest absolute Gasteiger partial charge is 0.113 e. The molecule has 0 aliphatic heterocycles. The summed E-state index contributed by atoms with van der Waals surface area (Å²) in [6.07, 6.45) is 3.01. The largest absolute Gasteiger partial charge is 0.303 e. The van der Waals surface area contributed by atoms with Crippen molar-refractivity contribution in [2.75, 3.05) is 0 Å². The Bertz CT molecular complexity index is 415. The van der Waals surface area contributed by atoms with Gasteiger partial charge in [-0.1, -0.05) is 19.1 Å². The molecule has 0 aliphatic rings. The zero-order chi connectivity index (χ0) is 9.97. The molecule has 1 aromatic heterocycles. The second-order valence-corrected chi connectivity index (χ2v) is 3.28. The Morgan fingerprint density at radius 1 is 1.36 bits per heavy atom. The van der Waals surface area contributed by atoms with Crippen LogP contribution in [0.2, 0.25) is 0 Å². The zero-order valence-electron chi connectivity index (χ0n) is 8.49. The lowest BCUT2D eigenvalue weighted by Crippen LogP contribution is -1.97. The van der Waals surface area contributed by atoms with Crippen LogP contribution in [0.1, 0.15) is 18.4 Å². The number of rotatable bonds is 2. The Balaban J connectivity index is 2.51. The standard InChI is InChI=1S/C12H13N2/c1-3-12-13-10(2)9-14(12)11-7-5-4-6-8-11/h5-9H,3H2,1-2H3. The summed E-state index contributed by atoms with van der Waals surface area (Å²) in [6, 6.07) is 10.9. The minimum atomic E-state index is 0.951. The van der Waals surface area contributed by atoms with Gasteiger partial charge >= 0.3 is 0 Å². The fourth-order valence-electron chi connectivity index (χ4n) is 1.56. The Kier molecular flexibility index (Phi) is 2.35. The molecule has 71 valence electrons. The Morgan fingerprint density at radius 2 is 2.07 bits per heavy atom. The van der Waals surface area contributed by atoms with Crippen molar-refractivity contribution in [3.05, 3.63) is 48.0 Å². The molecule has 1 heterocycles. The first-order valence-electron chi connectivity index (χ1n) is 4.82. The molecular weight excluding hydrogens is 172 g/mol. The maximum Gasteiger partial charge on any atom is 0.113 e. The third-order valence-electron chi connectivity index (χ3n) is 2.19. The molecule has 0 aliphatic carbocycles. The molecule has 0 amide bonds. The van der Waals surface area contributed by atoms with E-state index in [0.717, 1.165) is 23.6 Å². The van der Waals surface area contributed by atoms with Crippen molar-refractivity contribution in [3.8, 4) is 5.69 Å². The highest BCUT2D eigenvalue weighted by Gasteiger charge is 2.04. The van der Waals surface area contributed by atoms with E-state index in [0.29, 0.717) is 0 Å². The molecule has 2 heteroatoms. The van der Waals surface area contributed by atoms with Crippen LogP contribution in [0.25, 0.3) is 5.69 Å². The van der Waals surface area contributed by atoms with Gasteiger partial charge < -0.3 is 4.57 Å². The summed E-state index contributed by atoms with van der Waals surface area (Å²) in [5.41, 5.74) is 2.22. The number of aromatic nitrogens is 2. The fraction of sp³-hybridized carbons (Fsp3) is 0.250. The summed E-state index contributed by atoms with van der Waals surface area (Å²) in [7, 11) is 0. The molecule has 2 aromatic rings. The van der Waals surface area contributed by atoms with E-state index in [1.807, 2.05) is 31.2 Å². The summed E-state index contributed by atoms with van der Waals surface area (Å²) >= 11 is 0. The van der Waals surface area contributed by atoms with Gasteiger partial charge in [0.2, 0.25) is 0 Å². The van der Waals surface area contributed by atoms with Crippen LogP contribution >= 0.6 is 0 Å². The monoisotopic (exact) mass is 185 g/mol. The van der Waals surface area contributed by atoms with Crippen molar-refractivity contribution in [3.63, 3.8) is 0 Å². The van der Waals surface area contributed by atoms with E-state index in [4.69, 9.17) is 0 Å². The zero-order valence-corrected chi connectivity index (χ0v) is 8.49. The van der Waals surface area contributed by atoms with Gasteiger partial charge in [-0.25, -0.2) is 4.98 Å². The molecule has 1 radical (unpaired) electrons. The summed E-state index contributed by atoms with van der Waals surface area (Å²) in [5.74, 6) is 1.11. The van der Waals surface area contributed by atoms with Crippen LogP contribution in [-0.2, 0) is 6.42 Å². The molecule has 0 N–H and O–H groups in total. The highest BCUT2D eigenvalue weighted by molar-refractivity contribution is 5.33. The molecule has 1 aromatic carbocycles. The Hall–Kier alpha value is -1.57. The van der Waals surface area contributed by atoms with E-state index < -0.39 is 0 Å². The predicted octanol–water partition coefficient (Wildman–Crippen LogP) is 2.54. The molecule has 0 bridgehead atoms. The number of imidazole rings is 1. The van der Waals surface area contributed by atoms with Gasteiger partial charge in [0.15, 0.2) is 0 Å². The lowest BCUT2D eigenvalue weighted by molar-refractivity contribution is 0.890. The molecule has 0 saturated heterocycles. The third kappa shape index (κ3) is 1.55. The third-order valence-corrected chi connectivity index (χ3v) is 2.19. The average molecular weight is 185 g/mol. The van der Waals surface area contributed by atoms with Crippen molar-refractivity contribution in [1.29, 1.82) is 0 Å². The first-order chi connectivity index (χ1) is 6.81.